The molecular weight excluding hydrogens is 364 g/mol. The highest BCUT2D eigenvalue weighted by molar-refractivity contribution is 7.91. The number of likely N-dealkylation sites (tertiary alicyclic amines) is 1. The third kappa shape index (κ3) is 3.87. The number of sulfone groups is 1. The van der Waals surface area contributed by atoms with E-state index >= 15 is 0 Å². The van der Waals surface area contributed by atoms with Gasteiger partial charge < -0.3 is 10.0 Å². The second-order valence-electron chi connectivity index (χ2n) is 6.86. The summed E-state index contributed by atoms with van der Waals surface area (Å²) in [7, 11) is -3.34. The highest BCUT2D eigenvalue weighted by Crippen LogP contribution is 2.25. The van der Waals surface area contributed by atoms with E-state index in [4.69, 9.17) is 0 Å². The SMILES string of the molecule is O=S(=O)(CCN1CCC(O)CC1)c1ccc(-c2cnn3cccnc23)cc1. The molecule has 27 heavy (non-hydrogen) atoms. The van der Waals surface area contributed by atoms with Gasteiger partial charge in [0.2, 0.25) is 0 Å². The first-order chi connectivity index (χ1) is 13.0. The number of nitrogens with zero attached hydrogens (tertiary/aromatic N) is 4. The Balaban J connectivity index is 1.48. The molecule has 0 atom stereocenters. The highest BCUT2D eigenvalue weighted by atomic mass is 32.2. The predicted molar refractivity (Wildman–Crippen MR) is 102 cm³/mol. The molecule has 1 N–H and O–H groups in total. The Bertz CT molecular complexity index is 1020. The van der Waals surface area contributed by atoms with E-state index in [1.807, 2.05) is 12.3 Å². The lowest BCUT2D eigenvalue weighted by Gasteiger charge is -2.29. The average Bonchev–Trinajstić information content (AvgIpc) is 3.12. The second kappa shape index (κ2) is 7.38. The maximum absolute atomic E-state index is 12.6. The minimum Gasteiger partial charge on any atom is -0.393 e. The van der Waals surface area contributed by atoms with Gasteiger partial charge in [0, 0.05) is 37.6 Å². The number of aromatic nitrogens is 3. The predicted octanol–water partition coefficient (Wildman–Crippen LogP) is 1.63. The van der Waals surface area contributed by atoms with Crippen LogP contribution in [-0.2, 0) is 9.84 Å². The van der Waals surface area contributed by atoms with Crippen LogP contribution >= 0.6 is 0 Å². The number of piperidine rings is 1. The fourth-order valence-corrected chi connectivity index (χ4v) is 4.67. The van der Waals surface area contributed by atoms with Crippen LogP contribution in [0.25, 0.3) is 16.8 Å². The molecule has 0 spiro atoms. The van der Waals surface area contributed by atoms with Gasteiger partial charge in [0.25, 0.3) is 0 Å². The number of benzene rings is 1. The molecule has 1 aliphatic rings. The highest BCUT2D eigenvalue weighted by Gasteiger charge is 2.21. The summed E-state index contributed by atoms with van der Waals surface area (Å²) in [6, 6.07) is 8.71. The van der Waals surface area contributed by atoms with Gasteiger partial charge in [-0.15, -0.1) is 0 Å². The molecule has 142 valence electrons. The fraction of sp³-hybridized carbons (Fsp3) is 0.368. The first-order valence-electron chi connectivity index (χ1n) is 9.05. The van der Waals surface area contributed by atoms with Crippen molar-refractivity contribution in [2.75, 3.05) is 25.4 Å². The largest absolute Gasteiger partial charge is 0.393 e. The summed E-state index contributed by atoms with van der Waals surface area (Å²) in [5, 5.41) is 13.8. The quantitative estimate of drug-likeness (QED) is 0.717. The summed E-state index contributed by atoms with van der Waals surface area (Å²) < 4.78 is 27.0. The minimum absolute atomic E-state index is 0.0840. The van der Waals surface area contributed by atoms with Crippen molar-refractivity contribution in [2.45, 2.75) is 23.8 Å². The van der Waals surface area contributed by atoms with Gasteiger partial charge in [-0.05, 0) is 36.6 Å². The Labute approximate surface area is 158 Å². The van der Waals surface area contributed by atoms with Crippen LogP contribution in [0.1, 0.15) is 12.8 Å². The Morgan fingerprint density at radius 1 is 1.15 bits per heavy atom. The molecule has 1 saturated heterocycles. The van der Waals surface area contributed by atoms with Crippen LogP contribution in [0.2, 0.25) is 0 Å². The van der Waals surface area contributed by atoms with Crippen molar-refractivity contribution in [2.24, 2.45) is 0 Å². The van der Waals surface area contributed by atoms with E-state index in [0.29, 0.717) is 24.3 Å². The minimum atomic E-state index is -3.34. The first-order valence-corrected chi connectivity index (χ1v) is 10.7. The fourth-order valence-electron chi connectivity index (χ4n) is 3.38. The van der Waals surface area contributed by atoms with Gasteiger partial charge in [-0.3, -0.25) is 0 Å². The summed E-state index contributed by atoms with van der Waals surface area (Å²) in [6.07, 6.45) is 6.44. The van der Waals surface area contributed by atoms with E-state index in [0.717, 1.165) is 29.9 Å². The summed E-state index contributed by atoms with van der Waals surface area (Å²) in [5.41, 5.74) is 2.49. The van der Waals surface area contributed by atoms with Crippen LogP contribution in [0.15, 0.2) is 53.8 Å². The topological polar surface area (TPSA) is 87.8 Å². The molecule has 0 saturated carbocycles. The number of hydrogen-bond acceptors (Lipinski definition) is 6. The van der Waals surface area contributed by atoms with Crippen LogP contribution in [0.4, 0.5) is 0 Å². The molecule has 0 unspecified atom stereocenters. The van der Waals surface area contributed by atoms with E-state index in [1.54, 1.807) is 41.2 Å². The molecule has 1 aromatic carbocycles. The Morgan fingerprint density at radius 3 is 2.63 bits per heavy atom. The van der Waals surface area contributed by atoms with Gasteiger partial charge in [0.1, 0.15) is 0 Å². The van der Waals surface area contributed by atoms with Crippen LogP contribution < -0.4 is 0 Å². The molecule has 8 heteroatoms. The maximum Gasteiger partial charge on any atom is 0.179 e. The Kier molecular flexibility index (Phi) is 4.94. The average molecular weight is 386 g/mol. The summed E-state index contributed by atoms with van der Waals surface area (Å²) in [5.74, 6) is 0.0840. The molecule has 0 aliphatic carbocycles. The smallest absolute Gasteiger partial charge is 0.179 e. The van der Waals surface area contributed by atoms with Gasteiger partial charge in [-0.2, -0.15) is 5.10 Å². The Morgan fingerprint density at radius 2 is 1.89 bits per heavy atom. The standard InChI is InChI=1S/C19H22N4O3S/c24-16-6-10-22(11-7-16)12-13-27(25,26)17-4-2-15(3-5-17)18-14-21-23-9-1-8-20-19(18)23/h1-5,8-9,14,16,24H,6-7,10-13H2. The number of aliphatic hydroxyl groups is 1. The van der Waals surface area contributed by atoms with E-state index in [-0.39, 0.29) is 11.9 Å². The summed E-state index contributed by atoms with van der Waals surface area (Å²) in [4.78, 5) is 6.76. The molecule has 4 rings (SSSR count). The molecule has 3 heterocycles. The summed E-state index contributed by atoms with van der Waals surface area (Å²) in [6.45, 7) is 1.99. The third-order valence-electron chi connectivity index (χ3n) is 5.04. The van der Waals surface area contributed by atoms with E-state index in [9.17, 15) is 13.5 Å². The van der Waals surface area contributed by atoms with E-state index in [1.165, 1.54) is 0 Å². The van der Waals surface area contributed by atoms with Crippen LogP contribution in [0.3, 0.4) is 0 Å². The lowest BCUT2D eigenvalue weighted by atomic mass is 10.1. The molecule has 3 aromatic rings. The van der Waals surface area contributed by atoms with Crippen LogP contribution in [0, 0.1) is 0 Å². The normalized spacial score (nSPS) is 16.8. The van der Waals surface area contributed by atoms with Gasteiger partial charge in [-0.1, -0.05) is 12.1 Å². The molecule has 7 nitrogen and oxygen atoms in total. The van der Waals surface area contributed by atoms with Crippen molar-refractivity contribution >= 4 is 15.5 Å². The van der Waals surface area contributed by atoms with Crippen molar-refractivity contribution in [1.29, 1.82) is 0 Å². The van der Waals surface area contributed by atoms with Crippen molar-refractivity contribution < 1.29 is 13.5 Å². The lowest BCUT2D eigenvalue weighted by Crippen LogP contribution is -2.38. The molecule has 0 radical (unpaired) electrons. The number of fused-ring (bicyclic) bond motifs is 1. The van der Waals surface area contributed by atoms with E-state index < -0.39 is 9.84 Å². The van der Waals surface area contributed by atoms with Gasteiger partial charge in [0.15, 0.2) is 15.5 Å². The van der Waals surface area contributed by atoms with Crippen LogP contribution in [-0.4, -0.2) is 64.5 Å². The maximum atomic E-state index is 12.6. The molecule has 1 aliphatic heterocycles. The van der Waals surface area contributed by atoms with Crippen molar-refractivity contribution in [1.82, 2.24) is 19.5 Å². The number of rotatable bonds is 5. The first kappa shape index (κ1) is 18.1. The zero-order valence-electron chi connectivity index (χ0n) is 14.9. The molecular formula is C19H22N4O3S. The zero-order chi connectivity index (χ0) is 18.9. The van der Waals surface area contributed by atoms with Crippen LogP contribution in [0.5, 0.6) is 0 Å². The van der Waals surface area contributed by atoms with Gasteiger partial charge in [-0.25, -0.2) is 17.9 Å². The number of aliphatic hydroxyl groups excluding tert-OH is 1. The van der Waals surface area contributed by atoms with Crippen molar-refractivity contribution in [3.8, 4) is 11.1 Å². The number of hydrogen-bond donors (Lipinski definition) is 1. The monoisotopic (exact) mass is 386 g/mol. The van der Waals surface area contributed by atoms with Crippen molar-refractivity contribution in [3.63, 3.8) is 0 Å². The molecule has 0 amide bonds. The Hall–Kier alpha value is -2.29. The van der Waals surface area contributed by atoms with Gasteiger partial charge in [0.05, 0.1) is 22.9 Å². The lowest BCUT2D eigenvalue weighted by molar-refractivity contribution is 0.0855. The third-order valence-corrected chi connectivity index (χ3v) is 6.75. The summed E-state index contributed by atoms with van der Waals surface area (Å²) >= 11 is 0. The second-order valence-corrected chi connectivity index (χ2v) is 8.97. The van der Waals surface area contributed by atoms with Crippen molar-refractivity contribution in [3.05, 3.63) is 48.9 Å². The molecule has 2 aromatic heterocycles. The van der Waals surface area contributed by atoms with E-state index in [2.05, 4.69) is 15.0 Å². The van der Waals surface area contributed by atoms with Gasteiger partial charge >= 0.3 is 0 Å². The molecule has 1 fully saturated rings. The zero-order valence-corrected chi connectivity index (χ0v) is 15.7. The molecule has 0 bridgehead atoms.